The van der Waals surface area contributed by atoms with Gasteiger partial charge in [0.1, 0.15) is 0 Å². The minimum atomic E-state index is -4.58. The summed E-state index contributed by atoms with van der Waals surface area (Å²) in [6, 6.07) is 4.02. The summed E-state index contributed by atoms with van der Waals surface area (Å²) in [5.41, 5.74) is 2.29. The fourth-order valence-corrected chi connectivity index (χ4v) is 7.62. The number of piperidine rings is 1. The second-order valence-electron chi connectivity index (χ2n) is 14.2. The number of hydrogen-bond acceptors (Lipinski definition) is 5. The number of hydrogen-bond donors (Lipinski definition) is 1. The average Bonchev–Trinajstić information content (AvgIpc) is 2.99. The highest BCUT2D eigenvalue weighted by atomic mass is 19.4. The van der Waals surface area contributed by atoms with Crippen molar-refractivity contribution in [3.63, 3.8) is 0 Å². The SMILES string of the molecule is Cc1cnc(N2CCC(c3nc4c(c(C5CCC(F)(F)CC5)c3C(F)c3ccc(C(F)(F)F)cc3)C(O)CC(C)(C)C4)CC2)nc1. The third-order valence-corrected chi connectivity index (χ3v) is 9.99. The lowest BCUT2D eigenvalue weighted by Crippen LogP contribution is -2.36. The van der Waals surface area contributed by atoms with E-state index in [2.05, 4.69) is 14.9 Å². The molecule has 2 aromatic heterocycles. The molecule has 46 heavy (non-hydrogen) atoms. The highest BCUT2D eigenvalue weighted by Crippen LogP contribution is 2.52. The van der Waals surface area contributed by atoms with E-state index in [0.717, 1.165) is 29.8 Å². The Morgan fingerprint density at radius 1 is 0.913 bits per heavy atom. The van der Waals surface area contributed by atoms with Gasteiger partial charge in [-0.05, 0) is 85.6 Å². The lowest BCUT2D eigenvalue weighted by molar-refractivity contribution is -0.137. The molecule has 2 aliphatic carbocycles. The largest absolute Gasteiger partial charge is 0.416 e. The van der Waals surface area contributed by atoms with Crippen LogP contribution in [0.15, 0.2) is 36.7 Å². The molecule has 5 nitrogen and oxygen atoms in total. The highest BCUT2D eigenvalue weighted by Gasteiger charge is 2.43. The Bertz CT molecular complexity index is 1540. The Balaban J connectivity index is 1.47. The summed E-state index contributed by atoms with van der Waals surface area (Å²) in [5.74, 6) is -2.85. The van der Waals surface area contributed by atoms with E-state index in [-0.39, 0.29) is 48.1 Å². The first-order chi connectivity index (χ1) is 21.6. The normalized spacial score (nSPS) is 22.8. The molecule has 0 radical (unpaired) electrons. The second-order valence-corrected chi connectivity index (χ2v) is 14.2. The first kappa shape index (κ1) is 32.7. The van der Waals surface area contributed by atoms with Crippen molar-refractivity contribution in [2.24, 2.45) is 5.41 Å². The van der Waals surface area contributed by atoms with E-state index in [9.17, 15) is 27.1 Å². The Hall–Kier alpha value is -3.21. The van der Waals surface area contributed by atoms with Crippen LogP contribution in [-0.4, -0.2) is 39.1 Å². The average molecular weight is 647 g/mol. The zero-order chi connectivity index (χ0) is 33.0. The predicted octanol–water partition coefficient (Wildman–Crippen LogP) is 8.94. The van der Waals surface area contributed by atoms with Crippen molar-refractivity contribution in [2.45, 2.75) is 108 Å². The van der Waals surface area contributed by atoms with Crippen molar-refractivity contribution in [1.29, 1.82) is 0 Å². The highest BCUT2D eigenvalue weighted by molar-refractivity contribution is 5.51. The molecule has 248 valence electrons. The molecule has 3 aromatic rings. The van der Waals surface area contributed by atoms with Gasteiger partial charge in [0.15, 0.2) is 6.17 Å². The van der Waals surface area contributed by atoms with Crippen molar-refractivity contribution in [2.75, 3.05) is 18.0 Å². The van der Waals surface area contributed by atoms with Crippen LogP contribution < -0.4 is 4.90 Å². The minimum absolute atomic E-state index is 0.0366. The van der Waals surface area contributed by atoms with Gasteiger partial charge in [-0.15, -0.1) is 0 Å². The summed E-state index contributed by atoms with van der Waals surface area (Å²) in [7, 11) is 0. The number of fused-ring (bicyclic) bond motifs is 1. The van der Waals surface area contributed by atoms with Crippen LogP contribution in [0, 0.1) is 12.3 Å². The monoisotopic (exact) mass is 646 g/mol. The van der Waals surface area contributed by atoms with E-state index >= 15 is 4.39 Å². The number of nitrogens with zero attached hydrogens (tertiary/aromatic N) is 4. The van der Waals surface area contributed by atoms with E-state index < -0.39 is 35.9 Å². The zero-order valence-electron chi connectivity index (χ0n) is 26.3. The van der Waals surface area contributed by atoms with Crippen molar-refractivity contribution in [3.8, 4) is 0 Å². The molecule has 1 N–H and O–H groups in total. The van der Waals surface area contributed by atoms with Gasteiger partial charge in [0.05, 0.1) is 17.4 Å². The summed E-state index contributed by atoms with van der Waals surface area (Å²) in [6.07, 6.45) is -2.20. The van der Waals surface area contributed by atoms with Gasteiger partial charge in [-0.25, -0.2) is 23.1 Å². The number of anilines is 1. The molecule has 1 aromatic carbocycles. The standard InChI is InChI=1S/C35H40F6N4O/c1-20-18-42-32(43-19-20)45-14-10-23(11-15-45)31-29(30(36)22-4-6-24(7-5-22)35(39,40)41)27(21-8-12-34(37,38)13-9-21)28-25(44-31)16-33(2,3)17-26(28)46/h4-7,18-19,21,23,26,30,46H,8-17H2,1-3H3. The van der Waals surface area contributed by atoms with E-state index in [4.69, 9.17) is 4.98 Å². The Labute approximate surface area is 265 Å². The van der Waals surface area contributed by atoms with Gasteiger partial charge in [-0.1, -0.05) is 26.0 Å². The maximum Gasteiger partial charge on any atom is 0.416 e. The van der Waals surface area contributed by atoms with Crippen molar-refractivity contribution < 1.29 is 31.4 Å². The molecule has 0 bridgehead atoms. The van der Waals surface area contributed by atoms with Crippen LogP contribution in [0.25, 0.3) is 0 Å². The van der Waals surface area contributed by atoms with E-state index in [1.165, 1.54) is 0 Å². The van der Waals surface area contributed by atoms with Crippen molar-refractivity contribution in [3.05, 3.63) is 81.4 Å². The maximum atomic E-state index is 17.1. The lowest BCUT2D eigenvalue weighted by atomic mass is 9.68. The molecule has 1 saturated carbocycles. The molecule has 3 aliphatic rings. The molecule has 11 heteroatoms. The number of rotatable bonds is 5. The Kier molecular flexibility index (Phi) is 8.61. The molecule has 2 fully saturated rings. The molecule has 3 heterocycles. The molecule has 0 spiro atoms. The van der Waals surface area contributed by atoms with E-state index in [1.54, 1.807) is 12.4 Å². The molecule has 0 amide bonds. The second kappa shape index (κ2) is 12.1. The fraction of sp³-hybridized carbons (Fsp3) is 0.571. The van der Waals surface area contributed by atoms with Crippen LogP contribution in [0.4, 0.5) is 32.3 Å². The third-order valence-electron chi connectivity index (χ3n) is 9.99. The van der Waals surface area contributed by atoms with E-state index in [0.29, 0.717) is 67.2 Å². The molecule has 2 atom stereocenters. The Morgan fingerprint density at radius 3 is 2.11 bits per heavy atom. The molecular weight excluding hydrogens is 606 g/mol. The van der Waals surface area contributed by atoms with Gasteiger partial charge < -0.3 is 10.0 Å². The number of aliphatic hydroxyl groups excluding tert-OH is 1. The van der Waals surface area contributed by atoms with Gasteiger partial charge in [0.25, 0.3) is 0 Å². The van der Waals surface area contributed by atoms with Gasteiger partial charge >= 0.3 is 6.18 Å². The fourth-order valence-electron chi connectivity index (χ4n) is 7.62. The molecular formula is C35H40F6N4O. The summed E-state index contributed by atoms with van der Waals surface area (Å²) in [6.45, 7) is 7.15. The Morgan fingerprint density at radius 2 is 1.52 bits per heavy atom. The third kappa shape index (κ3) is 6.62. The number of aryl methyl sites for hydroxylation is 1. The predicted molar refractivity (Wildman–Crippen MR) is 163 cm³/mol. The quantitative estimate of drug-likeness (QED) is 0.281. The van der Waals surface area contributed by atoms with Gasteiger partial charge in [0, 0.05) is 61.1 Å². The van der Waals surface area contributed by atoms with Crippen molar-refractivity contribution >= 4 is 5.95 Å². The molecule has 2 unspecified atom stereocenters. The van der Waals surface area contributed by atoms with Crippen molar-refractivity contribution in [1.82, 2.24) is 15.0 Å². The zero-order valence-corrected chi connectivity index (χ0v) is 26.3. The minimum Gasteiger partial charge on any atom is -0.388 e. The number of benzene rings is 1. The first-order valence-electron chi connectivity index (χ1n) is 16.1. The summed E-state index contributed by atoms with van der Waals surface area (Å²) < 4.78 is 86.1. The number of halogens is 6. The summed E-state index contributed by atoms with van der Waals surface area (Å²) >= 11 is 0. The number of aliphatic hydroxyl groups is 1. The van der Waals surface area contributed by atoms with Crippen LogP contribution in [-0.2, 0) is 12.6 Å². The number of pyridine rings is 1. The van der Waals surface area contributed by atoms with Crippen LogP contribution >= 0.6 is 0 Å². The van der Waals surface area contributed by atoms with Crippen LogP contribution in [0.3, 0.4) is 0 Å². The smallest absolute Gasteiger partial charge is 0.388 e. The molecule has 1 aliphatic heterocycles. The number of aromatic nitrogens is 3. The van der Waals surface area contributed by atoms with E-state index in [1.807, 2.05) is 20.8 Å². The van der Waals surface area contributed by atoms with Crippen LogP contribution in [0.2, 0.25) is 0 Å². The van der Waals surface area contributed by atoms with Gasteiger partial charge in [-0.3, -0.25) is 4.98 Å². The lowest BCUT2D eigenvalue weighted by Gasteiger charge is -2.41. The summed E-state index contributed by atoms with van der Waals surface area (Å²) in [5, 5.41) is 11.5. The first-order valence-corrected chi connectivity index (χ1v) is 16.1. The maximum absolute atomic E-state index is 17.1. The topological polar surface area (TPSA) is 62.1 Å². The van der Waals surface area contributed by atoms with Gasteiger partial charge in [0.2, 0.25) is 11.9 Å². The molecule has 6 rings (SSSR count). The molecule has 1 saturated heterocycles. The summed E-state index contributed by atoms with van der Waals surface area (Å²) in [4.78, 5) is 16.1. The van der Waals surface area contributed by atoms with Crippen LogP contribution in [0.5, 0.6) is 0 Å². The number of alkyl halides is 6. The van der Waals surface area contributed by atoms with Crippen LogP contribution in [0.1, 0.15) is 128 Å². The van der Waals surface area contributed by atoms with Gasteiger partial charge in [-0.2, -0.15) is 13.2 Å².